The molecule has 5 atom stereocenters. The Labute approximate surface area is 549 Å². The van der Waals surface area contributed by atoms with Crippen LogP contribution in [0.3, 0.4) is 0 Å². The summed E-state index contributed by atoms with van der Waals surface area (Å²) < 4.78 is 68.3. The average molecular weight is 1330 g/mol. The highest BCUT2D eigenvalue weighted by Gasteiger charge is 2.30. The number of phosphoric ester groups is 2. The summed E-state index contributed by atoms with van der Waals surface area (Å²) in [7, 11) is -9.90. The SMILES string of the molecule is CC(C)CCCCCCCCCCCCCCC(=O)O[C@H](COC(=O)CCCCCCCCCCCCCC(C)C)COP(=O)(O)OC[C@@H](O)COP(=O)(O)OC[C@@H](COC(=O)CCCCCCCCC(C)C)OC(=O)CCCCCCCCCCCC(C)C. The van der Waals surface area contributed by atoms with Crippen LogP contribution < -0.4 is 0 Å². The van der Waals surface area contributed by atoms with Crippen molar-refractivity contribution in [1.82, 2.24) is 0 Å². The van der Waals surface area contributed by atoms with Gasteiger partial charge in [-0.3, -0.25) is 37.3 Å². The van der Waals surface area contributed by atoms with Crippen LogP contribution in [0.5, 0.6) is 0 Å². The van der Waals surface area contributed by atoms with Gasteiger partial charge in [0, 0.05) is 25.7 Å². The fourth-order valence-electron chi connectivity index (χ4n) is 10.7. The number of carbonyl (C=O) groups is 4. The maximum absolute atomic E-state index is 13.0. The summed E-state index contributed by atoms with van der Waals surface area (Å²) in [6.07, 6.45) is 43.2. The van der Waals surface area contributed by atoms with Gasteiger partial charge >= 0.3 is 39.5 Å². The fourth-order valence-corrected chi connectivity index (χ4v) is 12.2. The molecule has 0 saturated carbocycles. The van der Waals surface area contributed by atoms with Crippen LogP contribution in [0.4, 0.5) is 0 Å². The van der Waals surface area contributed by atoms with Crippen LogP contribution in [-0.4, -0.2) is 96.7 Å². The first-order chi connectivity index (χ1) is 43.1. The first-order valence-electron chi connectivity index (χ1n) is 36.7. The lowest BCUT2D eigenvalue weighted by atomic mass is 10.0. The zero-order valence-electron chi connectivity index (χ0n) is 58.8. The Morgan fingerprint density at radius 2 is 0.467 bits per heavy atom. The second-order valence-electron chi connectivity index (χ2n) is 27.5. The van der Waals surface area contributed by atoms with Crippen molar-refractivity contribution in [3.8, 4) is 0 Å². The van der Waals surface area contributed by atoms with Gasteiger partial charge in [0.15, 0.2) is 12.2 Å². The highest BCUT2D eigenvalue weighted by Crippen LogP contribution is 2.45. The molecule has 3 N–H and O–H groups in total. The number of phosphoric acid groups is 2. The number of rotatable bonds is 68. The van der Waals surface area contributed by atoms with Crippen LogP contribution in [0, 0.1) is 23.7 Å². The van der Waals surface area contributed by atoms with Gasteiger partial charge in [-0.05, 0) is 49.4 Å². The van der Waals surface area contributed by atoms with Crippen LogP contribution in [0.1, 0.15) is 351 Å². The number of unbranched alkanes of at least 4 members (excludes halogenated alkanes) is 34. The topological polar surface area (TPSA) is 237 Å². The van der Waals surface area contributed by atoms with Crippen LogP contribution >= 0.6 is 15.6 Å². The van der Waals surface area contributed by atoms with Gasteiger partial charge in [-0.25, -0.2) is 9.13 Å². The van der Waals surface area contributed by atoms with Crippen molar-refractivity contribution < 1.29 is 80.2 Å². The van der Waals surface area contributed by atoms with Crippen molar-refractivity contribution >= 4 is 39.5 Å². The van der Waals surface area contributed by atoms with E-state index >= 15 is 0 Å². The monoisotopic (exact) mass is 1320 g/mol. The molecule has 0 radical (unpaired) electrons. The predicted molar refractivity (Wildman–Crippen MR) is 363 cm³/mol. The van der Waals surface area contributed by atoms with Crippen LogP contribution in [0.2, 0.25) is 0 Å². The molecule has 90 heavy (non-hydrogen) atoms. The molecule has 0 rings (SSSR count). The molecule has 0 aliphatic heterocycles. The minimum absolute atomic E-state index is 0.104. The number of hydrogen-bond acceptors (Lipinski definition) is 15. The molecule has 0 aliphatic carbocycles. The van der Waals surface area contributed by atoms with Crippen molar-refractivity contribution in [2.45, 2.75) is 369 Å². The first-order valence-corrected chi connectivity index (χ1v) is 39.7. The predicted octanol–water partition coefficient (Wildman–Crippen LogP) is 20.1. The van der Waals surface area contributed by atoms with E-state index in [9.17, 15) is 43.2 Å². The van der Waals surface area contributed by atoms with Crippen molar-refractivity contribution in [3.63, 3.8) is 0 Å². The Kier molecular flexibility index (Phi) is 59.4. The van der Waals surface area contributed by atoms with E-state index in [-0.39, 0.29) is 25.7 Å². The van der Waals surface area contributed by atoms with E-state index in [0.717, 1.165) is 114 Å². The molecule has 0 aromatic heterocycles. The Bertz CT molecular complexity index is 1780. The van der Waals surface area contributed by atoms with E-state index < -0.39 is 97.5 Å². The number of hydrogen-bond donors (Lipinski definition) is 3. The lowest BCUT2D eigenvalue weighted by Gasteiger charge is -2.21. The largest absolute Gasteiger partial charge is 0.472 e. The Morgan fingerprint density at radius 1 is 0.278 bits per heavy atom. The maximum Gasteiger partial charge on any atom is 0.472 e. The van der Waals surface area contributed by atoms with E-state index in [1.807, 2.05) is 0 Å². The van der Waals surface area contributed by atoms with Crippen molar-refractivity contribution in [3.05, 3.63) is 0 Å². The smallest absolute Gasteiger partial charge is 0.462 e. The Balaban J connectivity index is 5.25. The van der Waals surface area contributed by atoms with Crippen molar-refractivity contribution in [2.24, 2.45) is 23.7 Å². The fraction of sp³-hybridized carbons (Fsp3) is 0.944. The van der Waals surface area contributed by atoms with Gasteiger partial charge in [0.1, 0.15) is 19.3 Å². The van der Waals surface area contributed by atoms with E-state index in [1.54, 1.807) is 0 Å². The molecule has 534 valence electrons. The molecule has 2 unspecified atom stereocenters. The standard InChI is InChI=1S/C71H138O17P2/c1-61(2)47-39-31-23-17-12-9-10-14-21-27-37-45-53-70(75)87-66(57-81-68(73)51-43-35-26-20-15-11-13-18-24-32-40-48-62(3)4)59-85-89(77,78)83-55-65(72)56-84-90(79,80)86-60-67(58-82-69(74)52-44-36-30-29-34-42-50-64(7)8)88-71(76)54-46-38-28-22-16-19-25-33-41-49-63(5)6/h61-67,72H,9-60H2,1-8H3,(H,77,78)(H,79,80)/t65-,66-,67-/m1/s1. The molecule has 0 aliphatic rings. The summed E-state index contributed by atoms with van der Waals surface area (Å²) in [5, 5.41) is 10.6. The van der Waals surface area contributed by atoms with Gasteiger partial charge in [0.05, 0.1) is 26.4 Å². The number of carbonyl (C=O) groups excluding carboxylic acids is 4. The van der Waals surface area contributed by atoms with Gasteiger partial charge in [0.2, 0.25) is 0 Å². The van der Waals surface area contributed by atoms with Crippen molar-refractivity contribution in [1.29, 1.82) is 0 Å². The zero-order valence-corrected chi connectivity index (χ0v) is 60.6. The molecule has 0 aromatic carbocycles. The van der Waals surface area contributed by atoms with Crippen LogP contribution in [-0.2, 0) is 65.4 Å². The van der Waals surface area contributed by atoms with E-state index in [0.29, 0.717) is 31.6 Å². The van der Waals surface area contributed by atoms with E-state index in [4.69, 9.17) is 37.0 Å². The molecule has 0 fully saturated rings. The summed E-state index contributed by atoms with van der Waals surface area (Å²) in [6, 6.07) is 0. The normalized spacial score (nSPS) is 14.3. The quantitative estimate of drug-likeness (QED) is 0.0222. The first kappa shape index (κ1) is 88.1. The highest BCUT2D eigenvalue weighted by atomic mass is 31.2. The molecular formula is C71H138O17P2. The number of aliphatic hydroxyl groups is 1. The molecule has 0 amide bonds. The summed E-state index contributed by atoms with van der Waals surface area (Å²) in [4.78, 5) is 72.6. The average Bonchev–Trinajstić information content (AvgIpc) is 3.70. The third-order valence-corrected chi connectivity index (χ3v) is 18.2. The Morgan fingerprint density at radius 3 is 0.689 bits per heavy atom. The Hall–Kier alpha value is -1.94. The summed E-state index contributed by atoms with van der Waals surface area (Å²) in [5.74, 6) is 0.834. The minimum atomic E-state index is -4.95. The number of aliphatic hydroxyl groups excluding tert-OH is 1. The van der Waals surface area contributed by atoms with Gasteiger partial charge in [0.25, 0.3) is 0 Å². The summed E-state index contributed by atoms with van der Waals surface area (Å²) in [6.45, 7) is 14.1. The maximum atomic E-state index is 13.0. The van der Waals surface area contributed by atoms with Gasteiger partial charge in [-0.2, -0.15) is 0 Å². The van der Waals surface area contributed by atoms with Crippen molar-refractivity contribution in [2.75, 3.05) is 39.6 Å². The third-order valence-electron chi connectivity index (χ3n) is 16.3. The lowest BCUT2D eigenvalue weighted by molar-refractivity contribution is -0.161. The minimum Gasteiger partial charge on any atom is -0.462 e. The molecule has 0 heterocycles. The molecular weight excluding hydrogens is 1190 g/mol. The van der Waals surface area contributed by atoms with Gasteiger partial charge in [-0.15, -0.1) is 0 Å². The van der Waals surface area contributed by atoms with Crippen LogP contribution in [0.25, 0.3) is 0 Å². The molecule has 0 saturated heterocycles. The number of ether oxygens (including phenoxy) is 4. The second kappa shape index (κ2) is 60.7. The zero-order chi connectivity index (χ0) is 66.8. The summed E-state index contributed by atoms with van der Waals surface area (Å²) >= 11 is 0. The molecule has 0 bridgehead atoms. The lowest BCUT2D eigenvalue weighted by Crippen LogP contribution is -2.30. The van der Waals surface area contributed by atoms with E-state index in [1.165, 1.54) is 148 Å². The molecule has 0 aromatic rings. The summed E-state index contributed by atoms with van der Waals surface area (Å²) in [5.41, 5.74) is 0. The molecule has 19 heteroatoms. The molecule has 17 nitrogen and oxygen atoms in total. The number of esters is 4. The van der Waals surface area contributed by atoms with E-state index in [2.05, 4.69) is 55.4 Å². The molecule has 0 spiro atoms. The highest BCUT2D eigenvalue weighted by molar-refractivity contribution is 7.47. The van der Waals surface area contributed by atoms with Gasteiger partial charge in [-0.1, -0.05) is 299 Å². The van der Waals surface area contributed by atoms with Crippen LogP contribution in [0.15, 0.2) is 0 Å². The van der Waals surface area contributed by atoms with Gasteiger partial charge < -0.3 is 33.8 Å². The second-order valence-corrected chi connectivity index (χ2v) is 30.4. The third kappa shape index (κ3) is 64.8.